The van der Waals surface area contributed by atoms with Crippen molar-refractivity contribution in [3.05, 3.63) is 12.2 Å². The second-order valence-electron chi connectivity index (χ2n) is 21.0. The van der Waals surface area contributed by atoms with E-state index in [9.17, 15) is 19.8 Å². The molecule has 0 bridgehead atoms. The summed E-state index contributed by atoms with van der Waals surface area (Å²) in [6.07, 6.45) is 68.1. The number of amides is 1. The van der Waals surface area contributed by atoms with E-state index in [4.69, 9.17) is 4.74 Å². The predicted octanol–water partition coefficient (Wildman–Crippen LogP) is 18.9. The summed E-state index contributed by atoms with van der Waals surface area (Å²) in [6.45, 7) is 4.95. The molecule has 0 radical (unpaired) electrons. The summed E-state index contributed by atoms with van der Waals surface area (Å²) in [6, 6.07) is -0.537. The molecule has 0 aliphatic rings. The Kier molecular flexibility index (Phi) is 56.0. The van der Waals surface area contributed by atoms with Gasteiger partial charge in [0.15, 0.2) is 0 Å². The lowest BCUT2D eigenvalue weighted by Gasteiger charge is -2.22. The van der Waals surface area contributed by atoms with Gasteiger partial charge in [0, 0.05) is 12.8 Å². The molecule has 2 unspecified atom stereocenters. The molecule has 0 fully saturated rings. The lowest BCUT2D eigenvalue weighted by atomic mass is 10.0. The van der Waals surface area contributed by atoms with Crippen molar-refractivity contribution in [2.24, 2.45) is 0 Å². The van der Waals surface area contributed by atoms with Crippen LogP contribution in [0.3, 0.4) is 0 Å². The predicted molar refractivity (Wildman–Crippen MR) is 292 cm³/mol. The summed E-state index contributed by atoms with van der Waals surface area (Å²) in [5, 5.41) is 23.1. The molecule has 0 rings (SSSR count). The first kappa shape index (κ1) is 65.6. The van der Waals surface area contributed by atoms with Crippen LogP contribution in [0.25, 0.3) is 0 Å². The summed E-state index contributed by atoms with van der Waals surface area (Å²) in [5.41, 5.74) is 0. The second kappa shape index (κ2) is 57.2. The first-order valence-electron chi connectivity index (χ1n) is 30.4. The molecule has 1 amide bonds. The Labute approximate surface area is 419 Å². The van der Waals surface area contributed by atoms with E-state index < -0.39 is 12.1 Å². The van der Waals surface area contributed by atoms with Gasteiger partial charge in [-0.15, -0.1) is 0 Å². The van der Waals surface area contributed by atoms with Crippen molar-refractivity contribution in [2.45, 2.75) is 353 Å². The van der Waals surface area contributed by atoms with Crippen LogP contribution in [-0.4, -0.2) is 47.4 Å². The van der Waals surface area contributed by atoms with Crippen LogP contribution in [0.4, 0.5) is 0 Å². The zero-order valence-electron chi connectivity index (χ0n) is 45.4. The van der Waals surface area contributed by atoms with Gasteiger partial charge >= 0.3 is 5.97 Å². The van der Waals surface area contributed by atoms with E-state index in [1.807, 2.05) is 0 Å². The zero-order chi connectivity index (χ0) is 48.6. The molecule has 398 valence electrons. The molecule has 0 spiro atoms. The highest BCUT2D eigenvalue weighted by Gasteiger charge is 2.20. The van der Waals surface area contributed by atoms with E-state index in [-0.39, 0.29) is 18.5 Å². The standard InChI is InChI=1S/C61H119NO5/c1-3-5-7-9-11-13-34-39-43-47-51-55-61(66)67-56-52-48-44-40-36-33-31-29-27-25-23-21-19-17-15-14-16-18-20-22-24-26-28-30-32-35-38-42-46-50-54-60(65)62-58(57-63)59(64)53-49-45-41-37-12-10-8-6-4-2/h15,17,58-59,63-64H,3-14,16,18-57H2,1-2H3,(H,62,65)/b17-15-. The molecule has 0 aliphatic carbocycles. The van der Waals surface area contributed by atoms with Crippen molar-refractivity contribution in [3.63, 3.8) is 0 Å². The topological polar surface area (TPSA) is 95.9 Å². The van der Waals surface area contributed by atoms with Gasteiger partial charge in [0.2, 0.25) is 5.91 Å². The third kappa shape index (κ3) is 53.8. The zero-order valence-corrected chi connectivity index (χ0v) is 45.4. The van der Waals surface area contributed by atoms with Crippen molar-refractivity contribution >= 4 is 11.9 Å². The molecule has 3 N–H and O–H groups in total. The van der Waals surface area contributed by atoms with E-state index >= 15 is 0 Å². The van der Waals surface area contributed by atoms with Gasteiger partial charge in [-0.05, 0) is 51.4 Å². The average Bonchev–Trinajstić information content (AvgIpc) is 3.33. The van der Waals surface area contributed by atoms with E-state index in [0.717, 1.165) is 38.5 Å². The Bertz CT molecular complexity index is 1000. The SMILES string of the molecule is CCCCCCCCCCCCCC(=O)OCCCCCCCCCCCCCC/C=C\CCCCCCCCCCCCCCCCC(=O)NC(CO)C(O)CCCCCCCCCCC. The molecule has 0 saturated carbocycles. The minimum Gasteiger partial charge on any atom is -0.466 e. The van der Waals surface area contributed by atoms with Crippen LogP contribution in [0.1, 0.15) is 341 Å². The normalized spacial score (nSPS) is 12.6. The molecule has 0 aromatic heterocycles. The molecule has 0 heterocycles. The van der Waals surface area contributed by atoms with E-state index in [0.29, 0.717) is 25.9 Å². The Morgan fingerprint density at radius 3 is 1.06 bits per heavy atom. The number of ether oxygens (including phenoxy) is 1. The van der Waals surface area contributed by atoms with Gasteiger partial charge in [-0.1, -0.05) is 289 Å². The number of hydrogen-bond donors (Lipinski definition) is 3. The summed E-state index contributed by atoms with van der Waals surface area (Å²) < 4.78 is 5.47. The number of rotatable bonds is 57. The van der Waals surface area contributed by atoms with Gasteiger partial charge in [0.1, 0.15) is 0 Å². The minimum atomic E-state index is -0.660. The van der Waals surface area contributed by atoms with Gasteiger partial charge in [-0.3, -0.25) is 9.59 Å². The molecule has 67 heavy (non-hydrogen) atoms. The molecule has 0 aliphatic heterocycles. The van der Waals surface area contributed by atoms with Crippen LogP contribution in [-0.2, 0) is 14.3 Å². The van der Waals surface area contributed by atoms with Gasteiger partial charge in [0.05, 0.1) is 25.4 Å². The Balaban J connectivity index is 3.33. The number of nitrogens with one attached hydrogen (secondary N) is 1. The van der Waals surface area contributed by atoms with E-state index in [2.05, 4.69) is 31.3 Å². The monoisotopic (exact) mass is 946 g/mol. The Morgan fingerprint density at radius 1 is 0.403 bits per heavy atom. The average molecular weight is 947 g/mol. The number of carbonyl (C=O) groups is 2. The van der Waals surface area contributed by atoms with Crippen molar-refractivity contribution in [1.82, 2.24) is 5.32 Å². The fourth-order valence-corrected chi connectivity index (χ4v) is 9.64. The lowest BCUT2D eigenvalue weighted by molar-refractivity contribution is -0.143. The van der Waals surface area contributed by atoms with Gasteiger partial charge in [-0.25, -0.2) is 0 Å². The Hall–Kier alpha value is -1.40. The van der Waals surface area contributed by atoms with E-state index in [1.165, 1.54) is 270 Å². The van der Waals surface area contributed by atoms with Crippen molar-refractivity contribution < 1.29 is 24.5 Å². The van der Waals surface area contributed by atoms with Crippen molar-refractivity contribution in [1.29, 1.82) is 0 Å². The maximum absolute atomic E-state index is 12.4. The molecule has 6 heteroatoms. The van der Waals surface area contributed by atoms with Gasteiger partial charge in [-0.2, -0.15) is 0 Å². The number of aliphatic hydroxyl groups excluding tert-OH is 2. The lowest BCUT2D eigenvalue weighted by Crippen LogP contribution is -2.45. The first-order chi connectivity index (χ1) is 33.0. The van der Waals surface area contributed by atoms with Crippen LogP contribution in [0.15, 0.2) is 12.2 Å². The number of carbonyl (C=O) groups excluding carboxylic acids is 2. The third-order valence-electron chi connectivity index (χ3n) is 14.3. The highest BCUT2D eigenvalue weighted by Crippen LogP contribution is 2.18. The van der Waals surface area contributed by atoms with Crippen LogP contribution in [0.5, 0.6) is 0 Å². The smallest absolute Gasteiger partial charge is 0.305 e. The number of hydrogen-bond acceptors (Lipinski definition) is 5. The van der Waals surface area contributed by atoms with Crippen LogP contribution in [0, 0.1) is 0 Å². The van der Waals surface area contributed by atoms with Crippen molar-refractivity contribution in [3.8, 4) is 0 Å². The van der Waals surface area contributed by atoms with Crippen LogP contribution >= 0.6 is 0 Å². The minimum absolute atomic E-state index is 0.0171. The molecule has 0 aromatic rings. The number of aliphatic hydroxyl groups is 2. The molecule has 0 aromatic carbocycles. The maximum Gasteiger partial charge on any atom is 0.305 e. The first-order valence-corrected chi connectivity index (χ1v) is 30.4. The molecule has 6 nitrogen and oxygen atoms in total. The highest BCUT2D eigenvalue weighted by atomic mass is 16.5. The number of allylic oxidation sites excluding steroid dienone is 2. The number of esters is 1. The quantitative estimate of drug-likeness (QED) is 0.0321. The van der Waals surface area contributed by atoms with E-state index in [1.54, 1.807) is 0 Å². The Morgan fingerprint density at radius 2 is 0.701 bits per heavy atom. The van der Waals surface area contributed by atoms with Gasteiger partial charge < -0.3 is 20.3 Å². The second-order valence-corrected chi connectivity index (χ2v) is 21.0. The van der Waals surface area contributed by atoms with Crippen LogP contribution < -0.4 is 5.32 Å². The van der Waals surface area contributed by atoms with Crippen LogP contribution in [0.2, 0.25) is 0 Å². The molecule has 2 atom stereocenters. The molecule has 0 saturated heterocycles. The summed E-state index contributed by atoms with van der Waals surface area (Å²) in [7, 11) is 0. The third-order valence-corrected chi connectivity index (χ3v) is 14.3. The summed E-state index contributed by atoms with van der Waals surface area (Å²) in [5.74, 6) is -0.0175. The summed E-state index contributed by atoms with van der Waals surface area (Å²) in [4.78, 5) is 24.4. The van der Waals surface area contributed by atoms with Crippen molar-refractivity contribution in [2.75, 3.05) is 13.2 Å². The highest BCUT2D eigenvalue weighted by molar-refractivity contribution is 5.76. The molecular weight excluding hydrogens is 827 g/mol. The maximum atomic E-state index is 12.4. The van der Waals surface area contributed by atoms with Gasteiger partial charge in [0.25, 0.3) is 0 Å². The largest absolute Gasteiger partial charge is 0.466 e. The summed E-state index contributed by atoms with van der Waals surface area (Å²) >= 11 is 0. The molecular formula is C61H119NO5. The number of unbranched alkanes of at least 4 members (excludes halogenated alkanes) is 44. The fourth-order valence-electron chi connectivity index (χ4n) is 9.64. The fraction of sp³-hybridized carbons (Fsp3) is 0.934.